The number of amides is 2. The van der Waals surface area contributed by atoms with E-state index in [1.807, 2.05) is 4.90 Å². The summed E-state index contributed by atoms with van der Waals surface area (Å²) in [5.74, 6) is 0.409. The van der Waals surface area contributed by atoms with Crippen molar-refractivity contribution in [2.45, 2.75) is 70.4 Å². The lowest BCUT2D eigenvalue weighted by Crippen LogP contribution is -2.54. The van der Waals surface area contributed by atoms with Gasteiger partial charge in [0.1, 0.15) is 6.33 Å². The van der Waals surface area contributed by atoms with Crippen molar-refractivity contribution < 1.29 is 9.59 Å². The van der Waals surface area contributed by atoms with Crippen LogP contribution in [0.25, 0.3) is 0 Å². The van der Waals surface area contributed by atoms with Crippen molar-refractivity contribution in [1.82, 2.24) is 30.0 Å². The summed E-state index contributed by atoms with van der Waals surface area (Å²) >= 11 is 0. The van der Waals surface area contributed by atoms with E-state index in [-0.39, 0.29) is 11.3 Å². The molecule has 8 nitrogen and oxygen atoms in total. The first-order chi connectivity index (χ1) is 12.7. The average Bonchev–Trinajstić information content (AvgIpc) is 3.34. The molecule has 3 aliphatic rings. The Bertz CT molecular complexity index is 642. The zero-order valence-electron chi connectivity index (χ0n) is 15.3. The third kappa shape index (κ3) is 3.33. The van der Waals surface area contributed by atoms with Gasteiger partial charge in [-0.05, 0) is 42.5 Å². The van der Waals surface area contributed by atoms with Crippen molar-refractivity contribution in [2.24, 2.45) is 5.41 Å². The summed E-state index contributed by atoms with van der Waals surface area (Å²) in [4.78, 5) is 29.9. The lowest BCUT2D eigenvalue weighted by atomic mass is 9.77. The van der Waals surface area contributed by atoms with E-state index in [1.54, 1.807) is 4.68 Å². The largest absolute Gasteiger partial charge is 0.342 e. The predicted molar refractivity (Wildman–Crippen MR) is 93.9 cm³/mol. The number of aromatic nitrogens is 4. The number of nitrogens with zero attached hydrogens (tertiary/aromatic N) is 6. The molecule has 2 saturated heterocycles. The van der Waals surface area contributed by atoms with Gasteiger partial charge in [0, 0.05) is 32.1 Å². The van der Waals surface area contributed by atoms with E-state index in [4.69, 9.17) is 0 Å². The monoisotopic (exact) mass is 360 g/mol. The summed E-state index contributed by atoms with van der Waals surface area (Å²) < 4.78 is 1.57. The van der Waals surface area contributed by atoms with Crippen molar-refractivity contribution in [1.29, 1.82) is 0 Å². The lowest BCUT2D eigenvalue weighted by molar-refractivity contribution is -0.149. The van der Waals surface area contributed by atoms with Crippen LogP contribution in [0.15, 0.2) is 6.33 Å². The molecular formula is C18H28N6O2. The summed E-state index contributed by atoms with van der Waals surface area (Å²) in [6.07, 6.45) is 10.8. The fraction of sp³-hybridized carbons (Fsp3) is 0.833. The number of rotatable bonds is 4. The van der Waals surface area contributed by atoms with Crippen molar-refractivity contribution in [2.75, 3.05) is 19.6 Å². The standard InChI is InChI=1S/C18H28N6O2/c25-16(7-11-23-14-19-20-21-23)22-12-9-18(13-22)8-4-10-24(17(18)26)15-5-2-1-3-6-15/h14-15H,1-13H2/t18-/m0/s1. The van der Waals surface area contributed by atoms with Gasteiger partial charge in [-0.1, -0.05) is 19.3 Å². The van der Waals surface area contributed by atoms with E-state index < -0.39 is 0 Å². The van der Waals surface area contributed by atoms with E-state index in [9.17, 15) is 9.59 Å². The van der Waals surface area contributed by atoms with Crippen LogP contribution >= 0.6 is 0 Å². The Morgan fingerprint density at radius 1 is 1.15 bits per heavy atom. The molecule has 142 valence electrons. The summed E-state index contributed by atoms with van der Waals surface area (Å²) in [5, 5.41) is 11.0. The van der Waals surface area contributed by atoms with Crippen LogP contribution in [0.3, 0.4) is 0 Å². The third-order valence-corrected chi connectivity index (χ3v) is 6.44. The van der Waals surface area contributed by atoms with Crippen molar-refractivity contribution in [3.63, 3.8) is 0 Å². The highest BCUT2D eigenvalue weighted by Crippen LogP contribution is 2.42. The minimum absolute atomic E-state index is 0.0972. The Balaban J connectivity index is 1.37. The molecule has 0 aromatic carbocycles. The molecule has 1 atom stereocenters. The van der Waals surface area contributed by atoms with Crippen molar-refractivity contribution in [3.8, 4) is 0 Å². The second-order valence-electron chi connectivity index (χ2n) is 8.06. The van der Waals surface area contributed by atoms with Crippen LogP contribution in [0.2, 0.25) is 0 Å². The van der Waals surface area contributed by atoms with Gasteiger partial charge in [0.15, 0.2) is 0 Å². The lowest BCUT2D eigenvalue weighted by Gasteiger charge is -2.44. The molecular weight excluding hydrogens is 332 g/mol. The molecule has 2 aliphatic heterocycles. The molecule has 0 bridgehead atoms. The first kappa shape index (κ1) is 17.4. The molecule has 1 spiro atoms. The molecule has 3 heterocycles. The van der Waals surface area contributed by atoms with Gasteiger partial charge in [0.25, 0.3) is 0 Å². The van der Waals surface area contributed by atoms with Crippen LogP contribution in [-0.4, -0.2) is 67.5 Å². The van der Waals surface area contributed by atoms with Gasteiger partial charge in [-0.3, -0.25) is 9.59 Å². The second kappa shape index (κ2) is 7.32. The molecule has 8 heteroatoms. The zero-order chi connectivity index (χ0) is 18.0. The maximum atomic E-state index is 13.3. The number of aryl methyl sites for hydroxylation is 1. The van der Waals surface area contributed by atoms with E-state index in [0.29, 0.717) is 38.0 Å². The minimum atomic E-state index is -0.333. The molecule has 1 aliphatic carbocycles. The number of likely N-dealkylation sites (tertiary alicyclic amines) is 2. The highest BCUT2D eigenvalue weighted by molar-refractivity contribution is 5.86. The predicted octanol–water partition coefficient (Wildman–Crippen LogP) is 1.24. The molecule has 0 radical (unpaired) electrons. The topological polar surface area (TPSA) is 84.2 Å². The normalized spacial score (nSPS) is 27.5. The van der Waals surface area contributed by atoms with Gasteiger partial charge in [0.2, 0.25) is 11.8 Å². The Morgan fingerprint density at radius 3 is 2.77 bits per heavy atom. The molecule has 3 fully saturated rings. The number of hydrogen-bond acceptors (Lipinski definition) is 5. The number of carbonyl (C=O) groups excluding carboxylic acids is 2. The van der Waals surface area contributed by atoms with E-state index in [0.717, 1.165) is 38.6 Å². The Morgan fingerprint density at radius 2 is 2.00 bits per heavy atom. The Kier molecular flexibility index (Phi) is 4.91. The van der Waals surface area contributed by atoms with Gasteiger partial charge in [-0.2, -0.15) is 0 Å². The molecule has 0 N–H and O–H groups in total. The second-order valence-corrected chi connectivity index (χ2v) is 8.06. The molecule has 4 rings (SSSR count). The van der Waals surface area contributed by atoms with Crippen LogP contribution in [0.4, 0.5) is 0 Å². The van der Waals surface area contributed by atoms with Gasteiger partial charge < -0.3 is 9.80 Å². The van der Waals surface area contributed by atoms with Crippen molar-refractivity contribution in [3.05, 3.63) is 6.33 Å². The molecule has 2 amide bonds. The maximum Gasteiger partial charge on any atom is 0.230 e. The summed E-state index contributed by atoms with van der Waals surface area (Å²) in [6.45, 7) is 2.66. The van der Waals surface area contributed by atoms with E-state index >= 15 is 0 Å². The fourth-order valence-corrected chi connectivity index (χ4v) is 4.96. The number of tetrazole rings is 1. The van der Waals surface area contributed by atoms with Crippen molar-refractivity contribution >= 4 is 11.8 Å². The van der Waals surface area contributed by atoms with Crippen LogP contribution in [-0.2, 0) is 16.1 Å². The van der Waals surface area contributed by atoms with E-state index in [2.05, 4.69) is 20.4 Å². The SMILES string of the molecule is O=C(CCn1cnnn1)N1CC[C@@]2(CCCN(C3CCCCC3)C2=O)C1. The van der Waals surface area contributed by atoms with Gasteiger partial charge >= 0.3 is 0 Å². The number of piperidine rings is 1. The van der Waals surface area contributed by atoms with Gasteiger partial charge in [0.05, 0.1) is 12.0 Å². The van der Waals surface area contributed by atoms with Gasteiger partial charge in [-0.15, -0.1) is 5.10 Å². The smallest absolute Gasteiger partial charge is 0.230 e. The van der Waals surface area contributed by atoms with Crippen LogP contribution in [0.5, 0.6) is 0 Å². The third-order valence-electron chi connectivity index (χ3n) is 6.44. The summed E-state index contributed by atoms with van der Waals surface area (Å²) in [6, 6.07) is 0.429. The molecule has 26 heavy (non-hydrogen) atoms. The van der Waals surface area contributed by atoms with Gasteiger partial charge in [-0.25, -0.2) is 4.68 Å². The van der Waals surface area contributed by atoms with E-state index in [1.165, 1.54) is 25.6 Å². The maximum absolute atomic E-state index is 13.3. The highest BCUT2D eigenvalue weighted by Gasteiger charge is 2.50. The summed E-state index contributed by atoms with van der Waals surface area (Å²) in [7, 11) is 0. The zero-order valence-corrected chi connectivity index (χ0v) is 15.3. The Hall–Kier alpha value is -1.99. The van der Waals surface area contributed by atoms with Crippen LogP contribution in [0, 0.1) is 5.41 Å². The highest BCUT2D eigenvalue weighted by atomic mass is 16.2. The molecule has 0 unspecified atom stereocenters. The number of hydrogen-bond donors (Lipinski definition) is 0. The first-order valence-electron chi connectivity index (χ1n) is 9.98. The van der Waals surface area contributed by atoms with Crippen LogP contribution in [0.1, 0.15) is 57.8 Å². The Labute approximate surface area is 153 Å². The minimum Gasteiger partial charge on any atom is -0.342 e. The molecule has 1 saturated carbocycles. The molecule has 1 aromatic rings. The average molecular weight is 360 g/mol. The first-order valence-corrected chi connectivity index (χ1v) is 9.98. The molecule has 1 aromatic heterocycles. The quantitative estimate of drug-likeness (QED) is 0.806. The fourth-order valence-electron chi connectivity index (χ4n) is 4.96. The number of carbonyl (C=O) groups is 2. The summed E-state index contributed by atoms with van der Waals surface area (Å²) in [5.41, 5.74) is -0.333. The van der Waals surface area contributed by atoms with Crippen LogP contribution < -0.4 is 0 Å².